The maximum atomic E-state index is 12.3. The van der Waals surface area contributed by atoms with Crippen molar-refractivity contribution >= 4 is 38.4 Å². The molecule has 0 bridgehead atoms. The van der Waals surface area contributed by atoms with E-state index >= 15 is 0 Å². The van der Waals surface area contributed by atoms with Gasteiger partial charge >= 0.3 is 12.2 Å². The highest BCUT2D eigenvalue weighted by atomic mass is 32.2. The zero-order chi connectivity index (χ0) is 21.2. The van der Waals surface area contributed by atoms with E-state index in [1.165, 1.54) is 10.3 Å². The number of amides is 3. The Balaban J connectivity index is 1.62. The largest absolute Gasteiger partial charge is 0.408 e. The van der Waals surface area contributed by atoms with Gasteiger partial charge in [0.1, 0.15) is 6.54 Å². The van der Waals surface area contributed by atoms with Crippen molar-refractivity contribution in [1.82, 2.24) is 24.8 Å². The fourth-order valence-electron chi connectivity index (χ4n) is 2.47. The van der Waals surface area contributed by atoms with E-state index in [1.807, 2.05) is 0 Å². The molecular formula is C14H15F3N6O4S2. The third-order valence-electron chi connectivity index (χ3n) is 3.67. The maximum Gasteiger partial charge on any atom is 0.408 e. The van der Waals surface area contributed by atoms with Gasteiger partial charge in [0.2, 0.25) is 5.91 Å². The summed E-state index contributed by atoms with van der Waals surface area (Å²) < 4.78 is 63.5. The number of halogens is 3. The molecule has 1 saturated heterocycles. The Morgan fingerprint density at radius 3 is 2.83 bits per heavy atom. The summed E-state index contributed by atoms with van der Waals surface area (Å²) in [5, 5.41) is 7.17. The fraction of sp³-hybridized carbons (Fsp3) is 0.429. The lowest BCUT2D eigenvalue weighted by Gasteiger charge is -2.24. The van der Waals surface area contributed by atoms with Crippen LogP contribution in [0.3, 0.4) is 0 Å². The van der Waals surface area contributed by atoms with Crippen LogP contribution in [0.15, 0.2) is 22.7 Å². The number of nitrogens with one attached hydrogen (secondary N) is 2. The van der Waals surface area contributed by atoms with E-state index in [1.54, 1.807) is 4.72 Å². The van der Waals surface area contributed by atoms with Gasteiger partial charge in [0, 0.05) is 24.7 Å². The molecule has 3 heterocycles. The minimum atomic E-state index is -4.57. The van der Waals surface area contributed by atoms with Gasteiger partial charge in [-0.3, -0.25) is 14.4 Å². The molecule has 0 unspecified atom stereocenters. The number of carbonyl (C=O) groups is 2. The summed E-state index contributed by atoms with van der Waals surface area (Å²) in [6, 6.07) is 0.552. The van der Waals surface area contributed by atoms with Crippen molar-refractivity contribution in [2.75, 3.05) is 18.0 Å². The minimum absolute atomic E-state index is 0.249. The van der Waals surface area contributed by atoms with Crippen LogP contribution in [0.2, 0.25) is 0 Å². The van der Waals surface area contributed by atoms with Gasteiger partial charge < -0.3 is 5.32 Å². The van der Waals surface area contributed by atoms with Gasteiger partial charge in [0.15, 0.2) is 10.2 Å². The first-order chi connectivity index (χ1) is 13.5. The van der Waals surface area contributed by atoms with Crippen LogP contribution in [-0.2, 0) is 27.8 Å². The summed E-state index contributed by atoms with van der Waals surface area (Å²) >= 11 is 1.13. The Morgan fingerprint density at radius 2 is 2.14 bits per heavy atom. The minimum Gasteiger partial charge on any atom is -0.338 e. The highest BCUT2D eigenvalue weighted by Crippen LogP contribution is 2.22. The van der Waals surface area contributed by atoms with Crippen LogP contribution < -0.4 is 14.9 Å². The number of aromatic nitrogens is 3. The van der Waals surface area contributed by atoms with Crippen LogP contribution in [0.4, 0.5) is 23.1 Å². The predicted octanol–water partition coefficient (Wildman–Crippen LogP) is 0.869. The molecule has 1 aliphatic heterocycles. The molecule has 0 atom stereocenters. The molecule has 10 nitrogen and oxygen atoms in total. The SMILES string of the molecule is O=C(Cc1csc(N2CCCNC2=O)n1)NS(=O)(=O)c1ccn(CC(F)(F)F)n1. The molecule has 29 heavy (non-hydrogen) atoms. The molecule has 1 fully saturated rings. The van der Waals surface area contributed by atoms with Crippen LogP contribution in [0.25, 0.3) is 0 Å². The number of thiazole rings is 1. The third-order valence-corrected chi connectivity index (χ3v) is 5.85. The van der Waals surface area contributed by atoms with Crippen LogP contribution in [-0.4, -0.2) is 54.4 Å². The molecule has 3 rings (SSSR count). The molecule has 15 heteroatoms. The molecule has 1 aliphatic rings. The topological polar surface area (TPSA) is 126 Å². The second-order valence-corrected chi connectivity index (χ2v) is 8.50. The van der Waals surface area contributed by atoms with Gasteiger partial charge in [-0.1, -0.05) is 0 Å². The Kier molecular flexibility index (Phi) is 5.79. The predicted molar refractivity (Wildman–Crippen MR) is 94.8 cm³/mol. The molecule has 158 valence electrons. The van der Waals surface area contributed by atoms with E-state index < -0.39 is 40.1 Å². The van der Waals surface area contributed by atoms with Crippen molar-refractivity contribution in [3.05, 3.63) is 23.3 Å². The Bertz CT molecular complexity index is 1020. The Labute approximate surface area is 166 Å². The first kappa shape index (κ1) is 21.0. The summed E-state index contributed by atoms with van der Waals surface area (Å²) in [6.45, 7) is -0.422. The van der Waals surface area contributed by atoms with Crippen molar-refractivity contribution in [2.45, 2.75) is 30.6 Å². The van der Waals surface area contributed by atoms with Crippen molar-refractivity contribution in [3.63, 3.8) is 0 Å². The number of anilines is 1. The van der Waals surface area contributed by atoms with Gasteiger partial charge in [0.25, 0.3) is 10.0 Å². The van der Waals surface area contributed by atoms with E-state index in [0.29, 0.717) is 22.9 Å². The zero-order valence-electron chi connectivity index (χ0n) is 14.6. The fourth-order valence-corrected chi connectivity index (χ4v) is 4.25. The number of hydrogen-bond donors (Lipinski definition) is 2. The molecule has 2 aromatic rings. The summed E-state index contributed by atoms with van der Waals surface area (Å²) in [6.07, 6.45) is -3.37. The lowest BCUT2D eigenvalue weighted by Crippen LogP contribution is -2.46. The quantitative estimate of drug-likeness (QED) is 0.670. The standard InChI is InChI=1S/C14H15F3N6O4S2/c15-14(16,17)8-22-5-2-11(20-22)29(26,27)21-10(24)6-9-7-28-13(19-9)23-4-1-3-18-12(23)25/h2,5,7H,1,3-4,6,8H2,(H,18,25)(H,21,24). The van der Waals surface area contributed by atoms with Crippen LogP contribution in [0.5, 0.6) is 0 Å². The van der Waals surface area contributed by atoms with Crippen molar-refractivity contribution in [2.24, 2.45) is 0 Å². The zero-order valence-corrected chi connectivity index (χ0v) is 16.3. The summed E-state index contributed by atoms with van der Waals surface area (Å²) in [7, 11) is -4.43. The average Bonchev–Trinajstić information content (AvgIpc) is 3.23. The van der Waals surface area contributed by atoms with E-state index in [-0.39, 0.29) is 11.7 Å². The van der Waals surface area contributed by atoms with Gasteiger partial charge in [-0.25, -0.2) is 14.5 Å². The molecule has 0 radical (unpaired) electrons. The number of rotatable bonds is 6. The van der Waals surface area contributed by atoms with Gasteiger partial charge in [0.05, 0.1) is 12.1 Å². The van der Waals surface area contributed by atoms with E-state index in [0.717, 1.165) is 30.0 Å². The van der Waals surface area contributed by atoms with Crippen LogP contribution >= 0.6 is 11.3 Å². The second-order valence-electron chi connectivity index (χ2n) is 6.03. The lowest BCUT2D eigenvalue weighted by atomic mass is 10.3. The molecule has 2 aromatic heterocycles. The number of nitrogens with zero attached hydrogens (tertiary/aromatic N) is 4. The summed E-state index contributed by atoms with van der Waals surface area (Å²) in [5.74, 6) is -0.935. The van der Waals surface area contributed by atoms with Crippen molar-refractivity contribution < 1.29 is 31.2 Å². The van der Waals surface area contributed by atoms with Crippen molar-refractivity contribution in [3.8, 4) is 0 Å². The molecule has 2 N–H and O–H groups in total. The molecular weight excluding hydrogens is 437 g/mol. The molecule has 0 aliphatic carbocycles. The molecule has 3 amide bonds. The summed E-state index contributed by atoms with van der Waals surface area (Å²) in [4.78, 5) is 29.4. The maximum absolute atomic E-state index is 12.3. The number of carbonyl (C=O) groups excluding carboxylic acids is 2. The molecule has 0 aromatic carbocycles. The third kappa shape index (κ3) is 5.44. The number of urea groups is 1. The highest BCUT2D eigenvalue weighted by Gasteiger charge is 2.30. The Hall–Kier alpha value is -2.68. The van der Waals surface area contributed by atoms with E-state index in [9.17, 15) is 31.2 Å². The normalized spacial score (nSPS) is 15.3. The summed E-state index contributed by atoms with van der Waals surface area (Å²) in [5.41, 5.74) is 0.249. The van der Waals surface area contributed by atoms with E-state index in [4.69, 9.17) is 0 Å². The Morgan fingerprint density at radius 1 is 1.38 bits per heavy atom. The van der Waals surface area contributed by atoms with Crippen LogP contribution in [0, 0.1) is 0 Å². The first-order valence-electron chi connectivity index (χ1n) is 8.19. The first-order valence-corrected chi connectivity index (χ1v) is 10.6. The highest BCUT2D eigenvalue weighted by molar-refractivity contribution is 7.90. The monoisotopic (exact) mass is 452 g/mol. The number of sulfonamides is 1. The number of alkyl halides is 3. The number of hydrogen-bond acceptors (Lipinski definition) is 7. The smallest absolute Gasteiger partial charge is 0.338 e. The van der Waals surface area contributed by atoms with Gasteiger partial charge in [-0.05, 0) is 12.5 Å². The van der Waals surface area contributed by atoms with E-state index in [2.05, 4.69) is 15.4 Å². The lowest BCUT2D eigenvalue weighted by molar-refractivity contribution is -0.142. The van der Waals surface area contributed by atoms with Gasteiger partial charge in [-0.15, -0.1) is 11.3 Å². The van der Waals surface area contributed by atoms with Crippen molar-refractivity contribution in [1.29, 1.82) is 0 Å². The molecule has 0 spiro atoms. The van der Waals surface area contributed by atoms with Crippen LogP contribution in [0.1, 0.15) is 12.1 Å². The molecule has 0 saturated carbocycles. The second kappa shape index (κ2) is 7.98. The van der Waals surface area contributed by atoms with Gasteiger partial charge in [-0.2, -0.15) is 26.7 Å². The average molecular weight is 452 g/mol.